The van der Waals surface area contributed by atoms with Gasteiger partial charge in [-0.2, -0.15) is 26.3 Å². The third-order valence-electron chi connectivity index (χ3n) is 6.66. The molecule has 4 rings (SSSR count). The number of halogens is 6. The number of nitrogens with zero attached hydrogens (tertiary/aromatic N) is 1. The van der Waals surface area contributed by atoms with Crippen LogP contribution in [0.4, 0.5) is 26.3 Å². The number of carboxylic acids is 1. The van der Waals surface area contributed by atoms with Crippen LogP contribution < -0.4 is 4.74 Å². The average Bonchev–Trinajstić information content (AvgIpc) is 3.56. The second-order valence-corrected chi connectivity index (χ2v) is 9.36. The van der Waals surface area contributed by atoms with Gasteiger partial charge in [0, 0.05) is 19.6 Å². The second-order valence-electron chi connectivity index (χ2n) is 9.36. The summed E-state index contributed by atoms with van der Waals surface area (Å²) in [5.41, 5.74) is -1.76. The number of carbonyl (C=O) groups is 1. The molecule has 2 unspecified atom stereocenters. The number of likely N-dealkylation sites (tertiary alicyclic amines) is 1. The summed E-state index contributed by atoms with van der Waals surface area (Å²) in [4.78, 5) is 13.1. The van der Waals surface area contributed by atoms with Gasteiger partial charge in [-0.3, -0.25) is 9.69 Å². The Bertz CT molecular complexity index is 1070. The Labute approximate surface area is 198 Å². The van der Waals surface area contributed by atoms with Crippen molar-refractivity contribution in [2.75, 3.05) is 13.1 Å². The molecule has 0 spiro atoms. The van der Waals surface area contributed by atoms with Crippen molar-refractivity contribution in [3.8, 4) is 5.75 Å². The van der Waals surface area contributed by atoms with Crippen molar-refractivity contribution in [1.82, 2.24) is 4.90 Å². The lowest BCUT2D eigenvalue weighted by atomic mass is 9.83. The largest absolute Gasteiger partial charge is 0.488 e. The maximum atomic E-state index is 13.3. The molecule has 2 aromatic carbocycles. The number of rotatable bonds is 8. The van der Waals surface area contributed by atoms with Gasteiger partial charge in [0.15, 0.2) is 0 Å². The normalized spacial score (nSPS) is 19.2. The van der Waals surface area contributed by atoms with E-state index < -0.39 is 40.9 Å². The molecule has 10 heteroatoms. The van der Waals surface area contributed by atoms with Crippen molar-refractivity contribution in [1.29, 1.82) is 0 Å². The molecule has 2 aromatic rings. The highest BCUT2D eigenvalue weighted by Crippen LogP contribution is 2.47. The molecule has 1 aliphatic carbocycles. The second kappa shape index (κ2) is 9.37. The van der Waals surface area contributed by atoms with Gasteiger partial charge in [0.2, 0.25) is 0 Å². The summed E-state index contributed by atoms with van der Waals surface area (Å²) < 4.78 is 85.0. The van der Waals surface area contributed by atoms with Crippen molar-refractivity contribution in [3.05, 3.63) is 64.7 Å². The molecule has 2 atom stereocenters. The van der Waals surface area contributed by atoms with Gasteiger partial charge in [0.05, 0.1) is 17.0 Å². The summed E-state index contributed by atoms with van der Waals surface area (Å²) in [5.74, 6) is -0.699. The van der Waals surface area contributed by atoms with Gasteiger partial charge in [-0.05, 0) is 66.1 Å². The van der Waals surface area contributed by atoms with Crippen LogP contribution in [-0.4, -0.2) is 35.2 Å². The topological polar surface area (TPSA) is 49.8 Å². The number of carboxylic acid groups (broad SMARTS) is 1. The Morgan fingerprint density at radius 3 is 2.31 bits per heavy atom. The molecular weight excluding hydrogens is 476 g/mol. The predicted octanol–water partition coefficient (Wildman–Crippen LogP) is 6.20. The van der Waals surface area contributed by atoms with Crippen LogP contribution in [0.3, 0.4) is 0 Å². The molecule has 1 saturated heterocycles. The van der Waals surface area contributed by atoms with Gasteiger partial charge in [-0.25, -0.2) is 0 Å². The first-order chi connectivity index (χ1) is 16.3. The zero-order valence-corrected chi connectivity index (χ0v) is 18.9. The zero-order valence-electron chi connectivity index (χ0n) is 18.9. The van der Waals surface area contributed by atoms with Crippen molar-refractivity contribution in [2.24, 2.45) is 11.8 Å². The summed E-state index contributed by atoms with van der Waals surface area (Å²) in [5, 5.41) is 9.46. The molecule has 0 amide bonds. The molecule has 2 fully saturated rings. The minimum absolute atomic E-state index is 0.129. The standard InChI is InChI=1S/C25H25F6NO3/c1-14(23(33)34)22(15-5-6-15)16-3-2-4-19(10-16)35-20-12-32(13-20)11-17-9-18(24(26,27)28)7-8-21(17)25(29,30)31/h2-4,7-10,14-15,20,22H,5-6,11-13H2,1H3,(H,33,34). The highest BCUT2D eigenvalue weighted by molar-refractivity contribution is 5.71. The maximum Gasteiger partial charge on any atom is 0.416 e. The number of hydrogen-bond donors (Lipinski definition) is 1. The quantitative estimate of drug-likeness (QED) is 0.438. The van der Waals surface area contributed by atoms with E-state index in [2.05, 4.69) is 0 Å². The van der Waals surface area contributed by atoms with E-state index in [1.165, 1.54) is 0 Å². The zero-order chi connectivity index (χ0) is 25.5. The Morgan fingerprint density at radius 2 is 1.74 bits per heavy atom. The van der Waals surface area contributed by atoms with Gasteiger partial charge >= 0.3 is 18.3 Å². The van der Waals surface area contributed by atoms with E-state index in [4.69, 9.17) is 4.74 Å². The Balaban J connectivity index is 1.41. The van der Waals surface area contributed by atoms with Crippen molar-refractivity contribution >= 4 is 5.97 Å². The molecule has 0 radical (unpaired) electrons. The van der Waals surface area contributed by atoms with Gasteiger partial charge in [-0.15, -0.1) is 0 Å². The van der Waals surface area contributed by atoms with E-state index in [-0.39, 0.29) is 31.7 Å². The number of ether oxygens (including phenoxy) is 1. The fourth-order valence-electron chi connectivity index (χ4n) is 4.71. The summed E-state index contributed by atoms with van der Waals surface area (Å²) in [6.45, 7) is 1.93. The lowest BCUT2D eigenvalue weighted by molar-refractivity contribution is -0.142. The number of benzene rings is 2. The molecule has 1 aliphatic heterocycles. The maximum absolute atomic E-state index is 13.3. The van der Waals surface area contributed by atoms with Crippen LogP contribution >= 0.6 is 0 Å². The van der Waals surface area contributed by atoms with Gasteiger partial charge in [0.25, 0.3) is 0 Å². The van der Waals surface area contributed by atoms with Gasteiger partial charge in [0.1, 0.15) is 11.9 Å². The molecule has 190 valence electrons. The summed E-state index contributed by atoms with van der Waals surface area (Å²) in [7, 11) is 0. The number of hydrogen-bond acceptors (Lipinski definition) is 3. The van der Waals surface area contributed by atoms with E-state index in [0.717, 1.165) is 18.4 Å². The van der Waals surface area contributed by atoms with Crippen LogP contribution in [0.5, 0.6) is 5.75 Å². The third kappa shape index (κ3) is 5.91. The third-order valence-corrected chi connectivity index (χ3v) is 6.66. The molecular formula is C25H25F6NO3. The smallest absolute Gasteiger partial charge is 0.416 e. The highest BCUT2D eigenvalue weighted by Gasteiger charge is 2.40. The van der Waals surface area contributed by atoms with E-state index in [0.29, 0.717) is 29.9 Å². The number of aliphatic carboxylic acids is 1. The van der Waals surface area contributed by atoms with Crippen LogP contribution in [-0.2, 0) is 23.7 Å². The highest BCUT2D eigenvalue weighted by atomic mass is 19.4. The first-order valence-corrected chi connectivity index (χ1v) is 11.3. The molecule has 1 N–H and O–H groups in total. The molecule has 2 aliphatic rings. The molecule has 0 aromatic heterocycles. The fraction of sp³-hybridized carbons (Fsp3) is 0.480. The van der Waals surface area contributed by atoms with Gasteiger partial charge < -0.3 is 9.84 Å². The van der Waals surface area contributed by atoms with Crippen LogP contribution in [0.2, 0.25) is 0 Å². The summed E-state index contributed by atoms with van der Waals surface area (Å²) in [6.07, 6.45) is -7.88. The summed E-state index contributed by atoms with van der Waals surface area (Å²) >= 11 is 0. The van der Waals surface area contributed by atoms with Crippen molar-refractivity contribution in [2.45, 2.75) is 50.7 Å². The van der Waals surface area contributed by atoms with Crippen molar-refractivity contribution in [3.63, 3.8) is 0 Å². The van der Waals surface area contributed by atoms with Crippen molar-refractivity contribution < 1.29 is 41.0 Å². The SMILES string of the molecule is CC(C(=O)O)C(c1cccc(OC2CN(Cc3cc(C(F)(F)F)ccc3C(F)(F)F)C2)c1)C1CC1. The van der Waals surface area contributed by atoms with Crippen LogP contribution in [0.1, 0.15) is 47.9 Å². The minimum atomic E-state index is -4.76. The summed E-state index contributed by atoms with van der Waals surface area (Å²) in [6, 6.07) is 8.67. The van der Waals surface area contributed by atoms with Gasteiger partial charge in [-0.1, -0.05) is 19.1 Å². The Hall–Kier alpha value is -2.75. The minimum Gasteiger partial charge on any atom is -0.488 e. The molecule has 0 bridgehead atoms. The molecule has 35 heavy (non-hydrogen) atoms. The molecule has 1 saturated carbocycles. The number of alkyl halides is 6. The van der Waals surface area contributed by atoms with E-state index in [1.807, 2.05) is 6.07 Å². The Kier molecular flexibility index (Phi) is 6.78. The van der Waals surface area contributed by atoms with Crippen LogP contribution in [0, 0.1) is 11.8 Å². The van der Waals surface area contributed by atoms with E-state index >= 15 is 0 Å². The monoisotopic (exact) mass is 501 g/mol. The van der Waals surface area contributed by atoms with E-state index in [9.17, 15) is 36.2 Å². The van der Waals surface area contributed by atoms with Crippen LogP contribution in [0.15, 0.2) is 42.5 Å². The predicted molar refractivity (Wildman–Crippen MR) is 115 cm³/mol. The molecule has 4 nitrogen and oxygen atoms in total. The average molecular weight is 501 g/mol. The first kappa shape index (κ1) is 25.3. The van der Waals surface area contributed by atoms with Crippen LogP contribution in [0.25, 0.3) is 0 Å². The first-order valence-electron chi connectivity index (χ1n) is 11.3. The fourth-order valence-corrected chi connectivity index (χ4v) is 4.71. The lowest BCUT2D eigenvalue weighted by Gasteiger charge is -2.39. The lowest BCUT2D eigenvalue weighted by Crippen LogP contribution is -2.53. The Morgan fingerprint density at radius 1 is 1.06 bits per heavy atom. The molecule has 1 heterocycles. The van der Waals surface area contributed by atoms with E-state index in [1.54, 1.807) is 30.0 Å².